The van der Waals surface area contributed by atoms with Crippen molar-refractivity contribution in [2.75, 3.05) is 6.61 Å². The summed E-state index contributed by atoms with van der Waals surface area (Å²) in [7, 11) is 0. The molecule has 0 amide bonds. The van der Waals surface area contributed by atoms with Gasteiger partial charge < -0.3 is 9.47 Å². The molecular formula is C9H15NO2. The lowest BCUT2D eigenvalue weighted by Gasteiger charge is -2.26. The molecule has 1 heterocycles. The first-order valence-electron chi connectivity index (χ1n) is 4.24. The molecule has 12 heavy (non-hydrogen) atoms. The highest BCUT2D eigenvalue weighted by Crippen LogP contribution is 2.14. The molecular weight excluding hydrogens is 154 g/mol. The highest BCUT2D eigenvalue weighted by molar-refractivity contribution is 5.69. The molecule has 0 unspecified atom stereocenters. The van der Waals surface area contributed by atoms with Crippen LogP contribution < -0.4 is 0 Å². The Morgan fingerprint density at radius 2 is 2.50 bits per heavy atom. The maximum atomic E-state index is 7.18. The van der Waals surface area contributed by atoms with Crippen LogP contribution in [-0.2, 0) is 9.47 Å². The Morgan fingerprint density at radius 3 is 3.08 bits per heavy atom. The van der Waals surface area contributed by atoms with Gasteiger partial charge in [0.15, 0.2) is 5.90 Å². The second-order valence-electron chi connectivity index (χ2n) is 2.85. The zero-order chi connectivity index (χ0) is 8.97. The van der Waals surface area contributed by atoms with Crippen LogP contribution in [-0.4, -0.2) is 24.7 Å². The lowest BCUT2D eigenvalue weighted by Crippen LogP contribution is -2.33. The van der Waals surface area contributed by atoms with Crippen LogP contribution in [0.5, 0.6) is 0 Å². The highest BCUT2D eigenvalue weighted by Gasteiger charge is 2.22. The summed E-state index contributed by atoms with van der Waals surface area (Å²) in [5, 5.41) is 7.18. The first-order valence-corrected chi connectivity index (χ1v) is 4.24. The SMILES string of the molecule is CC[C@H]1OCC=C[C@@H]1OC(C)=N. The number of nitrogens with one attached hydrogen (secondary N) is 1. The zero-order valence-corrected chi connectivity index (χ0v) is 7.54. The molecule has 0 spiro atoms. The molecule has 0 fully saturated rings. The molecule has 3 nitrogen and oxygen atoms in total. The largest absolute Gasteiger partial charge is 0.471 e. The van der Waals surface area contributed by atoms with Gasteiger partial charge in [0.1, 0.15) is 6.10 Å². The van der Waals surface area contributed by atoms with E-state index in [1.807, 2.05) is 12.2 Å². The van der Waals surface area contributed by atoms with Crippen LogP contribution in [0.15, 0.2) is 12.2 Å². The summed E-state index contributed by atoms with van der Waals surface area (Å²) < 4.78 is 10.7. The van der Waals surface area contributed by atoms with Gasteiger partial charge >= 0.3 is 0 Å². The lowest BCUT2D eigenvalue weighted by atomic mass is 10.1. The average Bonchev–Trinajstić information content (AvgIpc) is 2.04. The molecule has 0 radical (unpaired) electrons. The second kappa shape index (κ2) is 4.26. The molecule has 0 saturated carbocycles. The Labute approximate surface area is 72.9 Å². The highest BCUT2D eigenvalue weighted by atomic mass is 16.5. The Hall–Kier alpha value is -0.830. The van der Waals surface area contributed by atoms with Gasteiger partial charge in [-0.2, -0.15) is 0 Å². The van der Waals surface area contributed by atoms with Gasteiger partial charge in [-0.1, -0.05) is 13.0 Å². The molecule has 0 bridgehead atoms. The van der Waals surface area contributed by atoms with E-state index >= 15 is 0 Å². The monoisotopic (exact) mass is 169 g/mol. The summed E-state index contributed by atoms with van der Waals surface area (Å²) in [5.41, 5.74) is 0. The molecule has 2 atom stereocenters. The summed E-state index contributed by atoms with van der Waals surface area (Å²) in [6.07, 6.45) is 4.86. The maximum absolute atomic E-state index is 7.18. The van der Waals surface area contributed by atoms with Crippen LogP contribution in [0.1, 0.15) is 20.3 Å². The molecule has 1 aliphatic heterocycles. The van der Waals surface area contributed by atoms with Crippen molar-refractivity contribution >= 4 is 5.90 Å². The van der Waals surface area contributed by atoms with Crippen molar-refractivity contribution in [3.8, 4) is 0 Å². The third-order valence-electron chi connectivity index (χ3n) is 1.81. The van der Waals surface area contributed by atoms with Gasteiger partial charge in [-0.25, -0.2) is 0 Å². The van der Waals surface area contributed by atoms with E-state index in [-0.39, 0.29) is 18.1 Å². The number of hydrogen-bond acceptors (Lipinski definition) is 3. The van der Waals surface area contributed by atoms with E-state index in [0.29, 0.717) is 6.61 Å². The first-order chi connectivity index (χ1) is 5.74. The molecule has 1 aliphatic rings. The minimum Gasteiger partial charge on any atom is -0.471 e. The lowest BCUT2D eigenvalue weighted by molar-refractivity contribution is -0.0118. The molecule has 3 heteroatoms. The summed E-state index contributed by atoms with van der Waals surface area (Å²) >= 11 is 0. The average molecular weight is 169 g/mol. The van der Waals surface area contributed by atoms with E-state index in [0.717, 1.165) is 6.42 Å². The molecule has 0 aromatic heterocycles. The van der Waals surface area contributed by atoms with Gasteiger partial charge in [0.05, 0.1) is 12.7 Å². The third kappa shape index (κ3) is 2.34. The smallest absolute Gasteiger partial charge is 0.178 e. The summed E-state index contributed by atoms with van der Waals surface area (Å²) in [4.78, 5) is 0. The fourth-order valence-corrected chi connectivity index (χ4v) is 1.26. The van der Waals surface area contributed by atoms with Crippen molar-refractivity contribution in [1.82, 2.24) is 0 Å². The number of ether oxygens (including phenoxy) is 2. The van der Waals surface area contributed by atoms with Crippen LogP contribution in [0.25, 0.3) is 0 Å². The van der Waals surface area contributed by atoms with E-state index in [9.17, 15) is 0 Å². The van der Waals surface area contributed by atoms with Crippen LogP contribution in [0, 0.1) is 5.41 Å². The number of hydrogen-bond donors (Lipinski definition) is 1. The van der Waals surface area contributed by atoms with Crippen molar-refractivity contribution in [3.63, 3.8) is 0 Å². The van der Waals surface area contributed by atoms with Crippen molar-refractivity contribution in [2.45, 2.75) is 32.5 Å². The summed E-state index contributed by atoms with van der Waals surface area (Å²) in [6.45, 7) is 4.35. The fourth-order valence-electron chi connectivity index (χ4n) is 1.26. The fraction of sp³-hybridized carbons (Fsp3) is 0.667. The Kier molecular flexibility index (Phi) is 3.29. The van der Waals surface area contributed by atoms with Gasteiger partial charge in [0.2, 0.25) is 0 Å². The first kappa shape index (κ1) is 9.26. The Bertz CT molecular complexity index is 189. The van der Waals surface area contributed by atoms with Gasteiger partial charge in [-0.3, -0.25) is 5.41 Å². The van der Waals surface area contributed by atoms with Crippen LogP contribution in [0.2, 0.25) is 0 Å². The van der Waals surface area contributed by atoms with Gasteiger partial charge in [-0.15, -0.1) is 0 Å². The van der Waals surface area contributed by atoms with Crippen LogP contribution in [0.3, 0.4) is 0 Å². The normalized spacial score (nSPS) is 28.5. The van der Waals surface area contributed by atoms with Crippen LogP contribution >= 0.6 is 0 Å². The molecule has 0 aromatic rings. The molecule has 1 N–H and O–H groups in total. The number of rotatable bonds is 2. The van der Waals surface area contributed by atoms with E-state index in [1.54, 1.807) is 6.92 Å². The third-order valence-corrected chi connectivity index (χ3v) is 1.81. The van der Waals surface area contributed by atoms with Gasteiger partial charge in [-0.05, 0) is 12.5 Å². The van der Waals surface area contributed by atoms with E-state index in [2.05, 4.69) is 6.92 Å². The van der Waals surface area contributed by atoms with Crippen molar-refractivity contribution in [2.24, 2.45) is 0 Å². The maximum Gasteiger partial charge on any atom is 0.178 e. The standard InChI is InChI=1S/C9H15NO2/c1-3-8-9(12-7(2)10)5-4-6-11-8/h4-5,8-10H,3,6H2,1-2H3/t8-,9+/m1/s1. The van der Waals surface area contributed by atoms with Gasteiger partial charge in [0, 0.05) is 6.92 Å². The predicted octanol–water partition coefficient (Wildman–Crippen LogP) is 1.73. The quantitative estimate of drug-likeness (QED) is 0.388. The van der Waals surface area contributed by atoms with E-state index in [1.165, 1.54) is 0 Å². The minimum absolute atomic E-state index is 0.0683. The van der Waals surface area contributed by atoms with E-state index in [4.69, 9.17) is 14.9 Å². The van der Waals surface area contributed by atoms with Gasteiger partial charge in [0.25, 0.3) is 0 Å². The van der Waals surface area contributed by atoms with Crippen molar-refractivity contribution in [1.29, 1.82) is 5.41 Å². The van der Waals surface area contributed by atoms with Crippen molar-refractivity contribution < 1.29 is 9.47 Å². The molecule has 68 valence electrons. The minimum atomic E-state index is -0.0683. The molecule has 0 saturated heterocycles. The molecule has 0 aromatic carbocycles. The predicted molar refractivity (Wildman–Crippen MR) is 47.4 cm³/mol. The Morgan fingerprint density at radius 1 is 1.75 bits per heavy atom. The zero-order valence-electron chi connectivity index (χ0n) is 7.54. The molecule has 1 rings (SSSR count). The van der Waals surface area contributed by atoms with E-state index < -0.39 is 0 Å². The van der Waals surface area contributed by atoms with Crippen LogP contribution in [0.4, 0.5) is 0 Å². The summed E-state index contributed by atoms with van der Waals surface area (Å²) in [6, 6.07) is 0. The van der Waals surface area contributed by atoms with Crippen molar-refractivity contribution in [3.05, 3.63) is 12.2 Å². The topological polar surface area (TPSA) is 42.3 Å². The molecule has 0 aliphatic carbocycles. The second-order valence-corrected chi connectivity index (χ2v) is 2.85. The summed E-state index contributed by atoms with van der Waals surface area (Å²) in [5.74, 6) is 0.244. The Balaban J connectivity index is 2.52.